The maximum absolute atomic E-state index is 11.7. The van der Waals surface area contributed by atoms with E-state index in [-0.39, 0.29) is 18.4 Å². The summed E-state index contributed by atoms with van der Waals surface area (Å²) in [6, 6.07) is 0. The summed E-state index contributed by atoms with van der Waals surface area (Å²) < 4.78 is 10.7. The van der Waals surface area contributed by atoms with Crippen molar-refractivity contribution in [2.45, 2.75) is 135 Å². The van der Waals surface area contributed by atoms with Crippen LogP contribution in [0.15, 0.2) is 12.2 Å². The van der Waals surface area contributed by atoms with Crippen molar-refractivity contribution in [2.24, 2.45) is 0 Å². The normalized spacial score (nSPS) is 18.9. The summed E-state index contributed by atoms with van der Waals surface area (Å²) in [7, 11) is 0. The molecule has 27 heavy (non-hydrogen) atoms. The predicted octanol–water partition coefficient (Wildman–Crippen LogP) is 7.48. The third-order valence-electron chi connectivity index (χ3n) is 5.27. The maximum atomic E-state index is 11.7. The quantitative estimate of drug-likeness (QED) is 0.101. The molecular weight excluding hydrogens is 336 g/mol. The van der Waals surface area contributed by atoms with Gasteiger partial charge in [-0.3, -0.25) is 4.79 Å². The number of carbonyl (C=O) groups is 1. The fraction of sp³-hybridized carbons (Fsp3) is 0.875. The second-order valence-electron chi connectivity index (χ2n) is 8.01. The summed E-state index contributed by atoms with van der Waals surface area (Å²) in [5.74, 6) is -0.0865. The second-order valence-corrected chi connectivity index (χ2v) is 8.01. The summed E-state index contributed by atoms with van der Waals surface area (Å²) in [5, 5.41) is 0. The Morgan fingerprint density at radius 3 is 1.96 bits per heavy atom. The minimum absolute atomic E-state index is 0.0865. The molecule has 1 fully saturated rings. The Hall–Kier alpha value is -0.830. The fourth-order valence-corrected chi connectivity index (χ4v) is 3.37. The highest BCUT2D eigenvalue weighted by Gasteiger charge is 2.41. The smallest absolute Gasteiger partial charge is 0.308 e. The molecule has 0 aliphatic carbocycles. The van der Waals surface area contributed by atoms with Crippen LogP contribution in [0.5, 0.6) is 0 Å². The molecular formula is C24H44O3. The van der Waals surface area contributed by atoms with Crippen molar-refractivity contribution in [3.63, 3.8) is 0 Å². The molecule has 0 amide bonds. The van der Waals surface area contributed by atoms with Gasteiger partial charge < -0.3 is 9.47 Å². The van der Waals surface area contributed by atoms with Crippen molar-refractivity contribution < 1.29 is 14.3 Å². The number of esters is 1. The van der Waals surface area contributed by atoms with Gasteiger partial charge in [0.05, 0.1) is 0 Å². The highest BCUT2D eigenvalue weighted by molar-refractivity contribution is 5.69. The van der Waals surface area contributed by atoms with Crippen LogP contribution in [0.3, 0.4) is 0 Å². The Labute approximate surface area is 168 Å². The van der Waals surface area contributed by atoms with Gasteiger partial charge in [-0.1, -0.05) is 90.2 Å². The van der Waals surface area contributed by atoms with E-state index in [1.54, 1.807) is 0 Å². The average molecular weight is 381 g/mol. The molecule has 1 heterocycles. The lowest BCUT2D eigenvalue weighted by atomic mass is 10.1. The zero-order chi connectivity index (χ0) is 19.6. The third-order valence-corrected chi connectivity index (χ3v) is 5.27. The van der Waals surface area contributed by atoms with E-state index < -0.39 is 0 Å². The van der Waals surface area contributed by atoms with E-state index in [0.717, 1.165) is 32.1 Å². The van der Waals surface area contributed by atoms with Crippen LogP contribution < -0.4 is 0 Å². The largest absolute Gasteiger partial charge is 0.433 e. The Kier molecular flexibility index (Phi) is 15.5. The zero-order valence-electron chi connectivity index (χ0n) is 18.1. The van der Waals surface area contributed by atoms with Crippen LogP contribution in [-0.2, 0) is 14.3 Å². The lowest BCUT2D eigenvalue weighted by Gasteiger charge is -2.02. The molecule has 158 valence electrons. The lowest BCUT2D eigenvalue weighted by molar-refractivity contribution is -0.148. The number of epoxide rings is 1. The zero-order valence-corrected chi connectivity index (χ0v) is 18.1. The van der Waals surface area contributed by atoms with Gasteiger partial charge in [0.25, 0.3) is 0 Å². The molecule has 1 aliphatic rings. The number of rotatable bonds is 19. The number of carbonyl (C=O) groups excluding carboxylic acids is 1. The van der Waals surface area contributed by atoms with Gasteiger partial charge in [-0.05, 0) is 38.5 Å². The van der Waals surface area contributed by atoms with E-state index in [2.05, 4.69) is 26.0 Å². The van der Waals surface area contributed by atoms with Gasteiger partial charge in [0, 0.05) is 6.42 Å². The standard InChI is InChI=1S/C24H44O3/c1-3-5-7-8-9-10-11-12-13-14-15-16-17-18-19-21-23(25)27-24-22(26-24)20-6-4-2/h12-13,22,24H,3-11,14-21H2,1-2H3/b13-12-. The summed E-state index contributed by atoms with van der Waals surface area (Å²) in [6.07, 6.45) is 25.1. The van der Waals surface area contributed by atoms with Gasteiger partial charge in [0.1, 0.15) is 6.10 Å². The summed E-state index contributed by atoms with van der Waals surface area (Å²) in [4.78, 5) is 11.7. The summed E-state index contributed by atoms with van der Waals surface area (Å²) in [5.41, 5.74) is 0. The molecule has 1 aliphatic heterocycles. The van der Waals surface area contributed by atoms with E-state index in [1.165, 1.54) is 70.6 Å². The maximum Gasteiger partial charge on any atom is 0.308 e. The molecule has 0 aromatic rings. The first-order valence-corrected chi connectivity index (χ1v) is 11.8. The molecule has 0 radical (unpaired) electrons. The Bertz CT molecular complexity index is 378. The van der Waals surface area contributed by atoms with E-state index >= 15 is 0 Å². The van der Waals surface area contributed by atoms with Crippen molar-refractivity contribution in [2.75, 3.05) is 0 Å². The molecule has 0 bridgehead atoms. The van der Waals surface area contributed by atoms with Crippen LogP contribution >= 0.6 is 0 Å². The van der Waals surface area contributed by atoms with E-state index in [0.29, 0.717) is 6.42 Å². The first-order valence-electron chi connectivity index (χ1n) is 11.8. The lowest BCUT2D eigenvalue weighted by Crippen LogP contribution is -2.09. The molecule has 0 saturated carbocycles. The number of ether oxygens (including phenoxy) is 2. The van der Waals surface area contributed by atoms with Crippen LogP contribution in [0.2, 0.25) is 0 Å². The van der Waals surface area contributed by atoms with E-state index in [9.17, 15) is 4.79 Å². The minimum atomic E-state index is -0.243. The number of unbranched alkanes of at least 4 members (excludes halogenated alkanes) is 12. The molecule has 2 unspecified atom stereocenters. The first kappa shape index (κ1) is 24.2. The molecule has 3 nitrogen and oxygen atoms in total. The molecule has 0 spiro atoms. The molecule has 0 N–H and O–H groups in total. The Balaban J connectivity index is 1.77. The third kappa shape index (κ3) is 14.8. The average Bonchev–Trinajstić information content (AvgIpc) is 3.40. The van der Waals surface area contributed by atoms with Crippen LogP contribution in [-0.4, -0.2) is 18.4 Å². The number of hydrogen-bond donors (Lipinski definition) is 0. The second kappa shape index (κ2) is 17.3. The van der Waals surface area contributed by atoms with E-state index in [4.69, 9.17) is 9.47 Å². The van der Waals surface area contributed by atoms with Crippen molar-refractivity contribution in [1.29, 1.82) is 0 Å². The van der Waals surface area contributed by atoms with Gasteiger partial charge in [0.2, 0.25) is 6.29 Å². The Morgan fingerprint density at radius 2 is 1.33 bits per heavy atom. The van der Waals surface area contributed by atoms with Crippen LogP contribution in [0.1, 0.15) is 123 Å². The number of allylic oxidation sites excluding steroid dienone is 2. The summed E-state index contributed by atoms with van der Waals surface area (Å²) in [6.45, 7) is 4.43. The summed E-state index contributed by atoms with van der Waals surface area (Å²) >= 11 is 0. The van der Waals surface area contributed by atoms with Crippen LogP contribution in [0.25, 0.3) is 0 Å². The van der Waals surface area contributed by atoms with Crippen LogP contribution in [0, 0.1) is 0 Å². The highest BCUT2D eigenvalue weighted by Crippen LogP contribution is 2.28. The van der Waals surface area contributed by atoms with Gasteiger partial charge >= 0.3 is 5.97 Å². The Morgan fingerprint density at radius 1 is 0.778 bits per heavy atom. The molecule has 2 atom stereocenters. The fourth-order valence-electron chi connectivity index (χ4n) is 3.37. The van der Waals surface area contributed by atoms with Gasteiger partial charge in [-0.15, -0.1) is 0 Å². The van der Waals surface area contributed by atoms with Crippen molar-refractivity contribution in [3.05, 3.63) is 12.2 Å². The van der Waals surface area contributed by atoms with Gasteiger partial charge in [0.15, 0.2) is 0 Å². The predicted molar refractivity (Wildman–Crippen MR) is 114 cm³/mol. The SMILES string of the molecule is CCCCCCCC/C=C\CCCCCCCC(=O)OC1OC1CCCC. The molecule has 1 saturated heterocycles. The molecule has 1 rings (SSSR count). The molecule has 3 heteroatoms. The first-order chi connectivity index (χ1) is 13.3. The minimum Gasteiger partial charge on any atom is -0.433 e. The van der Waals surface area contributed by atoms with Gasteiger partial charge in [-0.25, -0.2) is 0 Å². The molecule has 0 aromatic heterocycles. The van der Waals surface area contributed by atoms with Crippen molar-refractivity contribution in [3.8, 4) is 0 Å². The highest BCUT2D eigenvalue weighted by atomic mass is 16.8. The monoisotopic (exact) mass is 380 g/mol. The van der Waals surface area contributed by atoms with Crippen molar-refractivity contribution in [1.82, 2.24) is 0 Å². The van der Waals surface area contributed by atoms with Gasteiger partial charge in [-0.2, -0.15) is 0 Å². The van der Waals surface area contributed by atoms with Crippen molar-refractivity contribution >= 4 is 5.97 Å². The van der Waals surface area contributed by atoms with Crippen LogP contribution in [0.4, 0.5) is 0 Å². The molecule has 0 aromatic carbocycles. The topological polar surface area (TPSA) is 38.8 Å². The number of hydrogen-bond acceptors (Lipinski definition) is 3. The van der Waals surface area contributed by atoms with E-state index in [1.807, 2.05) is 0 Å².